The van der Waals surface area contributed by atoms with Gasteiger partial charge in [-0.25, -0.2) is 8.42 Å². The third-order valence-electron chi connectivity index (χ3n) is 5.82. The molecule has 0 bridgehead atoms. The minimum Gasteiger partial charge on any atom is -0.490 e. The number of morpholine rings is 1. The lowest BCUT2D eigenvalue weighted by atomic mass is 10.2. The first kappa shape index (κ1) is 22.8. The third-order valence-corrected chi connectivity index (χ3v) is 7.64. The Morgan fingerprint density at radius 1 is 1.03 bits per heavy atom. The van der Waals surface area contributed by atoms with Gasteiger partial charge in [0, 0.05) is 30.4 Å². The molecule has 4 rings (SSSR count). The van der Waals surface area contributed by atoms with Crippen molar-refractivity contribution in [3.8, 4) is 5.75 Å². The number of rotatable bonds is 6. The summed E-state index contributed by atoms with van der Waals surface area (Å²) in [6.45, 7) is 4.28. The molecule has 0 radical (unpaired) electrons. The Morgan fingerprint density at radius 3 is 2.44 bits per heavy atom. The maximum Gasteiger partial charge on any atom is 0.255 e. The molecule has 32 heavy (non-hydrogen) atoms. The first-order valence-corrected chi connectivity index (χ1v) is 12.6. The van der Waals surface area contributed by atoms with Crippen LogP contribution < -0.4 is 10.1 Å². The third kappa shape index (κ3) is 5.31. The van der Waals surface area contributed by atoms with Gasteiger partial charge in [0.05, 0.1) is 23.2 Å². The molecule has 1 N–H and O–H groups in total. The van der Waals surface area contributed by atoms with Crippen LogP contribution in [0.4, 0.5) is 5.69 Å². The Labute approximate surface area is 189 Å². The molecule has 1 saturated carbocycles. The summed E-state index contributed by atoms with van der Waals surface area (Å²) in [5.41, 5.74) is 0.886. The molecule has 0 unspecified atom stereocenters. The fourth-order valence-corrected chi connectivity index (χ4v) is 5.96. The fourth-order valence-electron chi connectivity index (χ4n) is 4.32. The van der Waals surface area contributed by atoms with Gasteiger partial charge in [-0.05, 0) is 69.9 Å². The van der Waals surface area contributed by atoms with E-state index >= 15 is 0 Å². The molecule has 2 aliphatic rings. The van der Waals surface area contributed by atoms with Crippen molar-refractivity contribution < 1.29 is 22.7 Å². The van der Waals surface area contributed by atoms with Crippen molar-refractivity contribution in [3.63, 3.8) is 0 Å². The molecule has 1 aliphatic heterocycles. The topological polar surface area (TPSA) is 84.9 Å². The molecule has 0 spiro atoms. The lowest BCUT2D eigenvalue weighted by molar-refractivity contribution is -0.0440. The van der Waals surface area contributed by atoms with E-state index in [1.807, 2.05) is 26.0 Å². The van der Waals surface area contributed by atoms with Gasteiger partial charge in [-0.2, -0.15) is 4.31 Å². The van der Waals surface area contributed by atoms with Crippen molar-refractivity contribution in [2.24, 2.45) is 0 Å². The maximum absolute atomic E-state index is 13.1. The molecular formula is C24H30N2O5S. The fraction of sp³-hybridized carbons (Fsp3) is 0.458. The number of hydrogen-bond donors (Lipinski definition) is 1. The zero-order valence-corrected chi connectivity index (χ0v) is 19.3. The first-order valence-electron chi connectivity index (χ1n) is 11.1. The number of carbonyl (C=O) groups excluding carboxylic acids is 1. The Bertz CT molecular complexity index is 1060. The molecule has 2 aromatic rings. The molecular weight excluding hydrogens is 428 g/mol. The highest BCUT2D eigenvalue weighted by Gasteiger charge is 2.32. The largest absolute Gasteiger partial charge is 0.490 e. The summed E-state index contributed by atoms with van der Waals surface area (Å²) in [6.07, 6.45) is 4.34. The monoisotopic (exact) mass is 458 g/mol. The van der Waals surface area contributed by atoms with Crippen molar-refractivity contribution in [3.05, 3.63) is 54.1 Å². The molecule has 2 fully saturated rings. The second-order valence-electron chi connectivity index (χ2n) is 8.61. The van der Waals surface area contributed by atoms with E-state index in [4.69, 9.17) is 9.47 Å². The molecule has 2 aromatic carbocycles. The zero-order valence-electron chi connectivity index (χ0n) is 18.5. The number of hydrogen-bond acceptors (Lipinski definition) is 5. The van der Waals surface area contributed by atoms with Gasteiger partial charge in [0.25, 0.3) is 5.91 Å². The van der Waals surface area contributed by atoms with Crippen molar-refractivity contribution >= 4 is 21.6 Å². The quantitative estimate of drug-likeness (QED) is 0.706. The average molecular weight is 459 g/mol. The molecule has 8 heteroatoms. The van der Waals surface area contributed by atoms with E-state index in [-0.39, 0.29) is 47.8 Å². The van der Waals surface area contributed by atoms with E-state index in [0.29, 0.717) is 5.69 Å². The number of benzene rings is 2. The standard InChI is InChI=1S/C24H30N2O5S/c1-17-15-26(16-18(2)30-17)32(28,29)23-12-5-7-19(13-23)24(27)25-20-8-6-11-22(14-20)31-21-9-3-4-10-21/h5-8,11-14,17-18,21H,3-4,9-10,15-16H2,1-2H3,(H,25,27)/t17-,18+. The van der Waals surface area contributed by atoms with E-state index in [1.54, 1.807) is 24.3 Å². The first-order chi connectivity index (χ1) is 15.3. The number of nitrogens with zero attached hydrogens (tertiary/aromatic N) is 1. The highest BCUT2D eigenvalue weighted by molar-refractivity contribution is 7.89. The van der Waals surface area contributed by atoms with Gasteiger partial charge in [-0.1, -0.05) is 12.1 Å². The summed E-state index contributed by atoms with van der Waals surface area (Å²) in [7, 11) is -3.72. The van der Waals surface area contributed by atoms with Gasteiger partial charge >= 0.3 is 0 Å². The van der Waals surface area contributed by atoms with Gasteiger partial charge in [0.1, 0.15) is 5.75 Å². The minimum atomic E-state index is -3.72. The molecule has 1 aliphatic carbocycles. The van der Waals surface area contributed by atoms with E-state index in [9.17, 15) is 13.2 Å². The second kappa shape index (κ2) is 9.60. The zero-order chi connectivity index (χ0) is 22.7. The summed E-state index contributed by atoms with van der Waals surface area (Å²) in [5, 5.41) is 2.85. The lowest BCUT2D eigenvalue weighted by Crippen LogP contribution is -2.48. The molecule has 172 valence electrons. The Balaban J connectivity index is 1.48. The molecule has 1 saturated heterocycles. The van der Waals surface area contributed by atoms with Crippen LogP contribution in [0.1, 0.15) is 49.9 Å². The molecule has 1 amide bonds. The van der Waals surface area contributed by atoms with Crippen LogP contribution in [-0.4, -0.2) is 50.0 Å². The second-order valence-corrected chi connectivity index (χ2v) is 10.6. The predicted octanol–water partition coefficient (Wildman–Crippen LogP) is 4.06. The van der Waals surface area contributed by atoms with Crippen LogP contribution in [0.5, 0.6) is 5.75 Å². The molecule has 2 atom stereocenters. The minimum absolute atomic E-state index is 0.102. The molecule has 0 aromatic heterocycles. The summed E-state index contributed by atoms with van der Waals surface area (Å²) in [4.78, 5) is 13.0. The van der Waals surface area contributed by atoms with Crippen LogP contribution in [0.3, 0.4) is 0 Å². The Morgan fingerprint density at radius 2 is 1.72 bits per heavy atom. The summed E-state index contributed by atoms with van der Waals surface area (Å²) >= 11 is 0. The summed E-state index contributed by atoms with van der Waals surface area (Å²) in [6, 6.07) is 13.4. The van der Waals surface area contributed by atoms with Crippen molar-refractivity contribution in [1.82, 2.24) is 4.31 Å². The van der Waals surface area contributed by atoms with E-state index < -0.39 is 10.0 Å². The average Bonchev–Trinajstić information content (AvgIpc) is 3.26. The Hall–Kier alpha value is -2.42. The Kier molecular flexibility index (Phi) is 6.83. The molecule has 1 heterocycles. The van der Waals surface area contributed by atoms with Crippen LogP contribution in [-0.2, 0) is 14.8 Å². The van der Waals surface area contributed by atoms with E-state index in [2.05, 4.69) is 5.32 Å². The highest BCUT2D eigenvalue weighted by Crippen LogP contribution is 2.26. The van der Waals surface area contributed by atoms with Gasteiger partial charge in [-0.3, -0.25) is 4.79 Å². The van der Waals surface area contributed by atoms with Crippen LogP contribution >= 0.6 is 0 Å². The summed E-state index contributed by atoms with van der Waals surface area (Å²) in [5.74, 6) is 0.352. The number of sulfonamides is 1. The number of amides is 1. The maximum atomic E-state index is 13.1. The number of nitrogens with one attached hydrogen (secondary N) is 1. The van der Waals surface area contributed by atoms with Crippen LogP contribution in [0.25, 0.3) is 0 Å². The van der Waals surface area contributed by atoms with E-state index in [1.165, 1.54) is 29.3 Å². The molecule has 7 nitrogen and oxygen atoms in total. The number of anilines is 1. The number of ether oxygens (including phenoxy) is 2. The van der Waals surface area contributed by atoms with Crippen LogP contribution in [0.15, 0.2) is 53.4 Å². The smallest absolute Gasteiger partial charge is 0.255 e. The van der Waals surface area contributed by atoms with Crippen molar-refractivity contribution in [1.29, 1.82) is 0 Å². The number of carbonyl (C=O) groups is 1. The normalized spacial score (nSPS) is 22.6. The highest BCUT2D eigenvalue weighted by atomic mass is 32.2. The van der Waals surface area contributed by atoms with Gasteiger partial charge in [0.15, 0.2) is 0 Å². The van der Waals surface area contributed by atoms with Gasteiger partial charge in [0.2, 0.25) is 10.0 Å². The van der Waals surface area contributed by atoms with Crippen molar-refractivity contribution in [2.45, 2.75) is 62.7 Å². The predicted molar refractivity (Wildman–Crippen MR) is 122 cm³/mol. The lowest BCUT2D eigenvalue weighted by Gasteiger charge is -2.34. The van der Waals surface area contributed by atoms with Crippen molar-refractivity contribution in [2.75, 3.05) is 18.4 Å². The summed E-state index contributed by atoms with van der Waals surface area (Å²) < 4.78 is 39.4. The van der Waals surface area contributed by atoms with Gasteiger partial charge in [-0.15, -0.1) is 0 Å². The van der Waals surface area contributed by atoms with Crippen LogP contribution in [0.2, 0.25) is 0 Å². The van der Waals surface area contributed by atoms with Crippen LogP contribution in [0, 0.1) is 0 Å². The SMILES string of the molecule is C[C@@H]1CN(S(=O)(=O)c2cccc(C(=O)Nc3cccc(OC4CCCC4)c3)c2)C[C@H](C)O1. The van der Waals surface area contributed by atoms with Gasteiger partial charge < -0.3 is 14.8 Å². The van der Waals surface area contributed by atoms with E-state index in [0.717, 1.165) is 18.6 Å².